The average Bonchev–Trinajstić information content (AvgIpc) is 3.10. The van der Waals surface area contributed by atoms with Gasteiger partial charge in [0.05, 0.1) is 17.1 Å². The number of nitrogens with one attached hydrogen (secondary N) is 4. The Morgan fingerprint density at radius 2 is 1.72 bits per heavy atom. The van der Waals surface area contributed by atoms with Crippen molar-refractivity contribution in [2.75, 3.05) is 18.9 Å². The zero-order chi connectivity index (χ0) is 23.5. The van der Waals surface area contributed by atoms with E-state index in [1.807, 2.05) is 5.32 Å². The summed E-state index contributed by atoms with van der Waals surface area (Å²) in [6.45, 7) is 0.713. The van der Waals surface area contributed by atoms with Gasteiger partial charge in [0.15, 0.2) is 0 Å². The van der Waals surface area contributed by atoms with Crippen LogP contribution in [0.15, 0.2) is 47.3 Å². The first-order chi connectivity index (χ1) is 15.0. The van der Waals surface area contributed by atoms with Gasteiger partial charge >= 0.3 is 11.9 Å². The van der Waals surface area contributed by atoms with Crippen LogP contribution < -0.4 is 16.3 Å². The lowest BCUT2D eigenvalue weighted by Gasteiger charge is -2.24. The van der Waals surface area contributed by atoms with E-state index in [1.165, 1.54) is 12.1 Å². The van der Waals surface area contributed by atoms with Crippen molar-refractivity contribution in [3.8, 4) is 0 Å². The number of amides is 2. The molecule has 1 aromatic heterocycles. The number of aromatic amines is 2. The second-order valence-corrected chi connectivity index (χ2v) is 7.41. The lowest BCUT2D eigenvalue weighted by molar-refractivity contribution is -0.123. The maximum atomic E-state index is 12.6. The van der Waals surface area contributed by atoms with Gasteiger partial charge in [0.2, 0.25) is 5.91 Å². The molecule has 3 rings (SSSR count). The number of fused-ring (bicyclic) bond motifs is 1. The van der Waals surface area contributed by atoms with Crippen LogP contribution in [0.3, 0.4) is 0 Å². The molecule has 1 atom stereocenters. The summed E-state index contributed by atoms with van der Waals surface area (Å²) in [6, 6.07) is 10.6. The summed E-state index contributed by atoms with van der Waals surface area (Å²) >= 11 is 0. The van der Waals surface area contributed by atoms with Crippen LogP contribution in [0.1, 0.15) is 22.8 Å². The van der Waals surface area contributed by atoms with Gasteiger partial charge in [0.1, 0.15) is 6.54 Å². The highest BCUT2D eigenvalue weighted by Gasteiger charge is 2.28. The fraction of sp³-hybridized carbons (Fsp3) is 0.286. The number of aromatic nitrogens is 2. The summed E-state index contributed by atoms with van der Waals surface area (Å²) < 4.78 is 36.7. The Balaban J connectivity index is 1.56. The van der Waals surface area contributed by atoms with Gasteiger partial charge in [-0.2, -0.15) is 13.2 Å². The number of nitrogens with zero attached hydrogens (tertiary/aromatic N) is 1. The quantitative estimate of drug-likeness (QED) is 0.445. The van der Waals surface area contributed by atoms with E-state index in [0.29, 0.717) is 23.3 Å². The number of hydrogen-bond acceptors (Lipinski definition) is 4. The molecule has 0 aliphatic carbocycles. The Hall–Kier alpha value is -3.60. The SMILES string of the molecule is C[C@H](C(=O)Nc1ccc2[nH]c(=O)[nH]c2c1)N(C)Cc1ccc(C(=O)NCC(F)(F)F)cc1. The van der Waals surface area contributed by atoms with Gasteiger partial charge in [-0.05, 0) is 49.9 Å². The van der Waals surface area contributed by atoms with E-state index in [9.17, 15) is 27.6 Å². The molecule has 2 amide bonds. The van der Waals surface area contributed by atoms with Crippen molar-refractivity contribution in [2.24, 2.45) is 0 Å². The molecule has 4 N–H and O–H groups in total. The number of H-pyrrole nitrogens is 2. The minimum Gasteiger partial charge on any atom is -0.343 e. The summed E-state index contributed by atoms with van der Waals surface area (Å²) in [5, 5.41) is 4.62. The molecule has 11 heteroatoms. The van der Waals surface area contributed by atoms with Crippen LogP contribution in [0, 0.1) is 0 Å². The van der Waals surface area contributed by atoms with Gasteiger partial charge in [-0.1, -0.05) is 12.1 Å². The molecule has 2 aromatic carbocycles. The summed E-state index contributed by atoms with van der Waals surface area (Å²) in [7, 11) is 1.75. The first-order valence-electron chi connectivity index (χ1n) is 9.69. The second-order valence-electron chi connectivity index (χ2n) is 7.41. The molecule has 0 saturated heterocycles. The normalized spacial score (nSPS) is 12.7. The third-order valence-corrected chi connectivity index (χ3v) is 4.92. The van der Waals surface area contributed by atoms with Crippen molar-refractivity contribution in [2.45, 2.75) is 25.7 Å². The smallest absolute Gasteiger partial charge is 0.343 e. The molecule has 0 radical (unpaired) electrons. The van der Waals surface area contributed by atoms with Crippen LogP contribution in [0.4, 0.5) is 18.9 Å². The molecule has 0 fully saturated rings. The topological polar surface area (TPSA) is 110 Å². The Morgan fingerprint density at radius 3 is 2.38 bits per heavy atom. The molecular weight excluding hydrogens is 427 g/mol. The maximum absolute atomic E-state index is 12.6. The zero-order valence-corrected chi connectivity index (χ0v) is 17.3. The summed E-state index contributed by atoms with van der Waals surface area (Å²) in [5.74, 6) is -1.07. The Bertz CT molecular complexity index is 1170. The van der Waals surface area contributed by atoms with E-state index in [1.54, 1.807) is 49.2 Å². The predicted octanol–water partition coefficient (Wildman–Crippen LogP) is 2.61. The van der Waals surface area contributed by atoms with Crippen LogP contribution in [0.2, 0.25) is 0 Å². The van der Waals surface area contributed by atoms with Gasteiger partial charge < -0.3 is 20.6 Å². The van der Waals surface area contributed by atoms with Crippen molar-refractivity contribution < 1.29 is 22.8 Å². The monoisotopic (exact) mass is 449 g/mol. The molecule has 0 unspecified atom stereocenters. The molecule has 0 bridgehead atoms. The number of halogens is 3. The molecule has 0 aliphatic heterocycles. The number of imidazole rings is 1. The van der Waals surface area contributed by atoms with E-state index >= 15 is 0 Å². The van der Waals surface area contributed by atoms with E-state index in [0.717, 1.165) is 5.56 Å². The Morgan fingerprint density at radius 1 is 1.06 bits per heavy atom. The number of benzene rings is 2. The van der Waals surface area contributed by atoms with Gasteiger partial charge in [0, 0.05) is 17.8 Å². The van der Waals surface area contributed by atoms with Crippen LogP contribution in [0.5, 0.6) is 0 Å². The molecule has 32 heavy (non-hydrogen) atoms. The van der Waals surface area contributed by atoms with Gasteiger partial charge in [0.25, 0.3) is 5.91 Å². The third kappa shape index (κ3) is 5.97. The number of carbonyl (C=O) groups excluding carboxylic acids is 2. The molecule has 170 valence electrons. The number of alkyl halides is 3. The van der Waals surface area contributed by atoms with Crippen molar-refractivity contribution in [3.63, 3.8) is 0 Å². The summed E-state index contributed by atoms with van der Waals surface area (Å²) in [5.41, 5.74) is 2.31. The Kier molecular flexibility index (Phi) is 6.68. The molecule has 8 nitrogen and oxygen atoms in total. The van der Waals surface area contributed by atoms with E-state index in [2.05, 4.69) is 15.3 Å². The van der Waals surface area contributed by atoms with Crippen molar-refractivity contribution >= 4 is 28.5 Å². The van der Waals surface area contributed by atoms with Crippen molar-refractivity contribution in [1.82, 2.24) is 20.2 Å². The number of rotatable bonds is 7. The second kappa shape index (κ2) is 9.27. The van der Waals surface area contributed by atoms with Crippen molar-refractivity contribution in [1.29, 1.82) is 0 Å². The van der Waals surface area contributed by atoms with Crippen LogP contribution in [-0.2, 0) is 11.3 Å². The maximum Gasteiger partial charge on any atom is 0.405 e. The molecule has 1 heterocycles. The molecule has 0 aliphatic rings. The third-order valence-electron chi connectivity index (χ3n) is 4.92. The standard InChI is InChI=1S/C21H22F3N5O3/c1-12(18(30)26-15-7-8-16-17(9-15)28-20(32)27-16)29(2)10-13-3-5-14(6-4-13)19(31)25-11-21(22,23)24/h3-9,12H,10-11H2,1-2H3,(H,25,31)(H,26,30)(H2,27,28,32)/t12-/m1/s1. The van der Waals surface area contributed by atoms with Gasteiger partial charge in [-0.15, -0.1) is 0 Å². The minimum atomic E-state index is -4.47. The number of carbonyl (C=O) groups is 2. The van der Waals surface area contributed by atoms with E-state index < -0.39 is 24.7 Å². The number of hydrogen-bond donors (Lipinski definition) is 4. The van der Waals surface area contributed by atoms with E-state index in [-0.39, 0.29) is 17.2 Å². The first kappa shape index (κ1) is 23.1. The largest absolute Gasteiger partial charge is 0.405 e. The molecule has 0 spiro atoms. The highest BCUT2D eigenvalue weighted by atomic mass is 19.4. The predicted molar refractivity (Wildman–Crippen MR) is 113 cm³/mol. The fourth-order valence-electron chi connectivity index (χ4n) is 3.03. The van der Waals surface area contributed by atoms with E-state index in [4.69, 9.17) is 0 Å². The highest BCUT2D eigenvalue weighted by Crippen LogP contribution is 2.16. The Labute approximate surface area is 180 Å². The summed E-state index contributed by atoms with van der Waals surface area (Å²) in [4.78, 5) is 42.8. The lowest BCUT2D eigenvalue weighted by atomic mass is 10.1. The molecular formula is C21H22F3N5O3. The van der Waals surface area contributed by atoms with Crippen LogP contribution >= 0.6 is 0 Å². The average molecular weight is 449 g/mol. The minimum absolute atomic E-state index is 0.115. The van der Waals surface area contributed by atoms with Gasteiger partial charge in [-0.3, -0.25) is 14.5 Å². The van der Waals surface area contributed by atoms with Crippen molar-refractivity contribution in [3.05, 3.63) is 64.1 Å². The van der Waals surface area contributed by atoms with Crippen LogP contribution in [0.25, 0.3) is 11.0 Å². The fourth-order valence-corrected chi connectivity index (χ4v) is 3.03. The number of anilines is 1. The van der Waals surface area contributed by atoms with Crippen LogP contribution in [-0.4, -0.2) is 52.5 Å². The molecule has 0 saturated carbocycles. The number of likely N-dealkylation sites (N-methyl/N-ethyl adjacent to an activating group) is 1. The molecule has 3 aromatic rings. The zero-order valence-electron chi connectivity index (χ0n) is 17.3. The van der Waals surface area contributed by atoms with Gasteiger partial charge in [-0.25, -0.2) is 4.79 Å². The highest BCUT2D eigenvalue weighted by molar-refractivity contribution is 5.96. The summed E-state index contributed by atoms with van der Waals surface area (Å²) in [6.07, 6.45) is -4.47. The lowest BCUT2D eigenvalue weighted by Crippen LogP contribution is -2.39. The first-order valence-corrected chi connectivity index (χ1v) is 9.69.